The van der Waals surface area contributed by atoms with Crippen molar-refractivity contribution in [3.8, 4) is 17.0 Å². The average Bonchev–Trinajstić information content (AvgIpc) is 3.21. The number of amides is 1. The molecule has 0 atom stereocenters. The SMILES string of the molecule is Cc1cc(-c2ncsc2N)c2cccc(OCc3c(Cl)cncc3CNC(=O)C(C)(C)C)c2n1. The van der Waals surface area contributed by atoms with E-state index in [9.17, 15) is 4.79 Å². The molecule has 4 aromatic rings. The standard InChI is InChI=1S/C25H26ClN5O2S/c1-14-8-17(22-23(27)34-13-30-22)16-6-5-7-20(21(16)31-14)33-12-18-15(9-28-11-19(18)26)10-29-24(32)25(2,3)4/h5-9,11,13H,10,12,27H2,1-4H3,(H,29,32). The van der Waals surface area contributed by atoms with Crippen molar-refractivity contribution in [2.24, 2.45) is 5.41 Å². The van der Waals surface area contributed by atoms with Gasteiger partial charge in [-0.1, -0.05) is 44.5 Å². The number of aromatic nitrogens is 3. The number of fused-ring (bicyclic) bond motifs is 1. The van der Waals surface area contributed by atoms with Crippen LogP contribution in [0.5, 0.6) is 5.75 Å². The quantitative estimate of drug-likeness (QED) is 0.364. The number of rotatable bonds is 6. The monoisotopic (exact) mass is 495 g/mol. The minimum atomic E-state index is -0.492. The first-order chi connectivity index (χ1) is 16.1. The summed E-state index contributed by atoms with van der Waals surface area (Å²) in [5.74, 6) is 0.565. The molecular weight excluding hydrogens is 470 g/mol. The van der Waals surface area contributed by atoms with Crippen molar-refractivity contribution in [3.63, 3.8) is 0 Å². The predicted molar refractivity (Wildman–Crippen MR) is 137 cm³/mol. The summed E-state index contributed by atoms with van der Waals surface area (Å²) in [6.07, 6.45) is 3.27. The van der Waals surface area contributed by atoms with E-state index in [0.29, 0.717) is 22.3 Å². The molecule has 0 fully saturated rings. The van der Waals surface area contributed by atoms with E-state index in [-0.39, 0.29) is 12.5 Å². The van der Waals surface area contributed by atoms with Gasteiger partial charge >= 0.3 is 0 Å². The molecule has 0 spiro atoms. The molecule has 0 saturated heterocycles. The zero-order valence-corrected chi connectivity index (χ0v) is 21.0. The number of thiazole rings is 1. The van der Waals surface area contributed by atoms with Gasteiger partial charge in [0.25, 0.3) is 0 Å². The number of nitrogens with one attached hydrogen (secondary N) is 1. The van der Waals surface area contributed by atoms with Crippen LogP contribution in [0.1, 0.15) is 37.6 Å². The number of hydrogen-bond donors (Lipinski definition) is 2. The first-order valence-corrected chi connectivity index (χ1v) is 12.0. The first-order valence-electron chi connectivity index (χ1n) is 10.8. The Morgan fingerprint density at radius 2 is 2.06 bits per heavy atom. The van der Waals surface area contributed by atoms with Crippen molar-refractivity contribution < 1.29 is 9.53 Å². The molecule has 0 aliphatic carbocycles. The third kappa shape index (κ3) is 4.98. The van der Waals surface area contributed by atoms with Crippen LogP contribution in [0.2, 0.25) is 5.02 Å². The van der Waals surface area contributed by atoms with Gasteiger partial charge in [0.15, 0.2) is 0 Å². The lowest BCUT2D eigenvalue weighted by Gasteiger charge is -2.19. The fourth-order valence-electron chi connectivity index (χ4n) is 3.53. The smallest absolute Gasteiger partial charge is 0.225 e. The molecule has 34 heavy (non-hydrogen) atoms. The van der Waals surface area contributed by atoms with Gasteiger partial charge in [0, 0.05) is 46.6 Å². The lowest BCUT2D eigenvalue weighted by atomic mass is 9.95. The Morgan fingerprint density at radius 3 is 2.76 bits per heavy atom. The summed E-state index contributed by atoms with van der Waals surface area (Å²) >= 11 is 7.86. The molecule has 1 aromatic carbocycles. The molecule has 3 aromatic heterocycles. The molecule has 3 heterocycles. The number of nitrogens with zero attached hydrogens (tertiary/aromatic N) is 3. The van der Waals surface area contributed by atoms with Crippen LogP contribution in [0.15, 0.2) is 42.2 Å². The predicted octanol–water partition coefficient (Wildman–Crippen LogP) is 5.54. The third-order valence-electron chi connectivity index (χ3n) is 5.37. The number of pyridine rings is 2. The molecule has 0 bridgehead atoms. The molecule has 9 heteroatoms. The topological polar surface area (TPSA) is 103 Å². The molecule has 0 radical (unpaired) electrons. The number of benzene rings is 1. The molecule has 176 valence electrons. The zero-order valence-electron chi connectivity index (χ0n) is 19.5. The summed E-state index contributed by atoms with van der Waals surface area (Å²) < 4.78 is 6.22. The van der Waals surface area contributed by atoms with Gasteiger partial charge in [-0.15, -0.1) is 11.3 Å². The lowest BCUT2D eigenvalue weighted by molar-refractivity contribution is -0.128. The van der Waals surface area contributed by atoms with Crippen LogP contribution in [0.4, 0.5) is 5.00 Å². The van der Waals surface area contributed by atoms with E-state index >= 15 is 0 Å². The Hall–Kier alpha value is -3.23. The Balaban J connectivity index is 1.65. The number of para-hydroxylation sites is 1. The van der Waals surface area contributed by atoms with Gasteiger partial charge < -0.3 is 15.8 Å². The van der Waals surface area contributed by atoms with Gasteiger partial charge in [0.1, 0.15) is 28.6 Å². The van der Waals surface area contributed by atoms with Crippen molar-refractivity contribution >= 4 is 44.7 Å². The summed E-state index contributed by atoms with van der Waals surface area (Å²) in [5, 5.41) is 4.98. The number of carbonyl (C=O) groups excluding carboxylic acids is 1. The first kappa shape index (κ1) is 23.9. The molecule has 0 unspecified atom stereocenters. The second kappa shape index (κ2) is 9.56. The number of nitrogen functional groups attached to an aromatic ring is 1. The van der Waals surface area contributed by atoms with E-state index in [1.807, 2.05) is 52.0 Å². The number of nitrogens with two attached hydrogens (primary N) is 1. The van der Waals surface area contributed by atoms with Crippen molar-refractivity contribution in [2.75, 3.05) is 5.73 Å². The Kier molecular flexibility index (Phi) is 6.72. The van der Waals surface area contributed by atoms with E-state index in [1.54, 1.807) is 17.9 Å². The van der Waals surface area contributed by atoms with E-state index in [2.05, 4.69) is 15.3 Å². The molecule has 0 saturated carbocycles. The van der Waals surface area contributed by atoms with E-state index < -0.39 is 5.41 Å². The Morgan fingerprint density at radius 1 is 1.26 bits per heavy atom. The number of halogens is 1. The summed E-state index contributed by atoms with van der Waals surface area (Å²) in [4.78, 5) is 25.7. The van der Waals surface area contributed by atoms with Gasteiger partial charge in [-0.2, -0.15) is 0 Å². The van der Waals surface area contributed by atoms with Crippen LogP contribution < -0.4 is 15.8 Å². The van der Waals surface area contributed by atoms with Crippen molar-refractivity contribution in [1.82, 2.24) is 20.3 Å². The van der Waals surface area contributed by atoms with Crippen molar-refractivity contribution in [1.29, 1.82) is 0 Å². The zero-order chi connectivity index (χ0) is 24.5. The molecule has 3 N–H and O–H groups in total. The Labute approximate surface area is 207 Å². The van der Waals surface area contributed by atoms with Crippen LogP contribution in [0.25, 0.3) is 22.2 Å². The minimum Gasteiger partial charge on any atom is -0.487 e. The highest BCUT2D eigenvalue weighted by atomic mass is 35.5. The van der Waals surface area contributed by atoms with Gasteiger partial charge in [-0.05, 0) is 24.6 Å². The van der Waals surface area contributed by atoms with E-state index in [1.165, 1.54) is 11.3 Å². The molecule has 7 nitrogen and oxygen atoms in total. The summed E-state index contributed by atoms with van der Waals surface area (Å²) in [7, 11) is 0. The number of carbonyl (C=O) groups is 1. The molecule has 4 rings (SSSR count). The van der Waals surface area contributed by atoms with Crippen LogP contribution in [-0.2, 0) is 17.9 Å². The third-order valence-corrected chi connectivity index (χ3v) is 6.35. The molecule has 0 aliphatic rings. The fraction of sp³-hybridized carbons (Fsp3) is 0.280. The van der Waals surface area contributed by atoms with Gasteiger partial charge in [0.05, 0.1) is 10.5 Å². The van der Waals surface area contributed by atoms with Gasteiger partial charge in [0.2, 0.25) is 5.91 Å². The average molecular weight is 496 g/mol. The number of anilines is 1. The van der Waals surface area contributed by atoms with Crippen LogP contribution in [0.3, 0.4) is 0 Å². The number of aryl methyl sites for hydroxylation is 1. The highest BCUT2D eigenvalue weighted by Crippen LogP contribution is 2.36. The molecular formula is C25H26ClN5O2S. The Bertz CT molecular complexity index is 1360. The summed E-state index contributed by atoms with van der Waals surface area (Å²) in [5.41, 5.74) is 12.2. The van der Waals surface area contributed by atoms with Crippen LogP contribution >= 0.6 is 22.9 Å². The lowest BCUT2D eigenvalue weighted by Crippen LogP contribution is -2.34. The highest BCUT2D eigenvalue weighted by molar-refractivity contribution is 7.14. The fourth-order valence-corrected chi connectivity index (χ4v) is 4.30. The summed E-state index contributed by atoms with van der Waals surface area (Å²) in [6.45, 7) is 8.04. The maximum absolute atomic E-state index is 12.3. The van der Waals surface area contributed by atoms with E-state index in [4.69, 9.17) is 27.1 Å². The molecule has 1 amide bonds. The summed E-state index contributed by atoms with van der Waals surface area (Å²) in [6, 6.07) is 7.75. The number of ether oxygens (including phenoxy) is 1. The maximum atomic E-state index is 12.3. The largest absolute Gasteiger partial charge is 0.487 e. The van der Waals surface area contributed by atoms with E-state index in [0.717, 1.165) is 39.0 Å². The van der Waals surface area contributed by atoms with Crippen LogP contribution in [0, 0.1) is 12.3 Å². The highest BCUT2D eigenvalue weighted by Gasteiger charge is 2.21. The molecule has 0 aliphatic heterocycles. The van der Waals surface area contributed by atoms with Crippen molar-refractivity contribution in [2.45, 2.75) is 40.8 Å². The van der Waals surface area contributed by atoms with Gasteiger partial charge in [-0.3, -0.25) is 9.78 Å². The number of hydrogen-bond acceptors (Lipinski definition) is 7. The maximum Gasteiger partial charge on any atom is 0.225 e. The van der Waals surface area contributed by atoms with Crippen LogP contribution in [-0.4, -0.2) is 20.9 Å². The normalized spacial score (nSPS) is 11.6. The minimum absolute atomic E-state index is 0.0538. The van der Waals surface area contributed by atoms with Crippen molar-refractivity contribution in [3.05, 3.63) is 64.0 Å². The second-order valence-electron chi connectivity index (χ2n) is 9.01. The second-order valence-corrected chi connectivity index (χ2v) is 10.3. The van der Waals surface area contributed by atoms with Gasteiger partial charge in [-0.25, -0.2) is 9.97 Å².